The van der Waals surface area contributed by atoms with Crippen molar-refractivity contribution in [2.45, 2.75) is 25.2 Å². The van der Waals surface area contributed by atoms with Gasteiger partial charge in [0, 0.05) is 25.4 Å². The summed E-state index contributed by atoms with van der Waals surface area (Å²) >= 11 is 0. The van der Waals surface area contributed by atoms with Gasteiger partial charge in [0.05, 0.1) is 5.92 Å². The first-order valence-corrected chi connectivity index (χ1v) is 7.21. The van der Waals surface area contributed by atoms with Crippen molar-refractivity contribution in [3.05, 3.63) is 35.9 Å². The van der Waals surface area contributed by atoms with Crippen LogP contribution in [0, 0.1) is 11.3 Å². The highest BCUT2D eigenvalue weighted by Crippen LogP contribution is 2.61. The molecular formula is C16H17F2NO3. The number of carboxylic acids is 1. The molecule has 0 spiro atoms. The summed E-state index contributed by atoms with van der Waals surface area (Å²) in [5.74, 6) is -5.74. The van der Waals surface area contributed by atoms with Crippen molar-refractivity contribution in [2.75, 3.05) is 13.1 Å². The Hall–Kier alpha value is -1.98. The Labute approximate surface area is 126 Å². The van der Waals surface area contributed by atoms with Gasteiger partial charge in [-0.05, 0) is 12.5 Å². The number of aliphatic carboxylic acids is 1. The average Bonchev–Trinajstić information content (AvgIpc) is 2.86. The maximum absolute atomic E-state index is 13.4. The number of hydrogen-bond donors (Lipinski definition) is 1. The normalized spacial score (nSPS) is 32.8. The van der Waals surface area contributed by atoms with Crippen LogP contribution in [0.5, 0.6) is 0 Å². The van der Waals surface area contributed by atoms with Gasteiger partial charge in [-0.15, -0.1) is 0 Å². The van der Waals surface area contributed by atoms with Gasteiger partial charge < -0.3 is 10.0 Å². The number of alkyl halides is 2. The Balaban J connectivity index is 1.83. The van der Waals surface area contributed by atoms with Crippen molar-refractivity contribution in [3.63, 3.8) is 0 Å². The number of rotatable bonds is 3. The van der Waals surface area contributed by atoms with Crippen LogP contribution in [0.2, 0.25) is 0 Å². The topological polar surface area (TPSA) is 57.6 Å². The van der Waals surface area contributed by atoms with Gasteiger partial charge in [-0.1, -0.05) is 30.3 Å². The van der Waals surface area contributed by atoms with E-state index in [1.807, 2.05) is 18.2 Å². The number of halogens is 2. The van der Waals surface area contributed by atoms with Crippen molar-refractivity contribution in [2.24, 2.45) is 11.3 Å². The van der Waals surface area contributed by atoms with E-state index in [0.29, 0.717) is 0 Å². The lowest BCUT2D eigenvalue weighted by Crippen LogP contribution is -2.37. The van der Waals surface area contributed by atoms with E-state index in [0.717, 1.165) is 5.56 Å². The molecule has 22 heavy (non-hydrogen) atoms. The van der Waals surface area contributed by atoms with Crippen LogP contribution in [0.1, 0.15) is 24.8 Å². The maximum atomic E-state index is 13.4. The Morgan fingerprint density at radius 3 is 2.32 bits per heavy atom. The molecule has 1 aliphatic heterocycles. The molecule has 4 nitrogen and oxygen atoms in total. The second-order valence-corrected chi connectivity index (χ2v) is 6.39. The van der Waals surface area contributed by atoms with Gasteiger partial charge >= 0.3 is 5.97 Å². The average molecular weight is 309 g/mol. The number of nitrogens with zero attached hydrogens (tertiary/aromatic N) is 1. The van der Waals surface area contributed by atoms with Crippen LogP contribution in [-0.2, 0) is 9.59 Å². The fraction of sp³-hybridized carbons (Fsp3) is 0.500. The Morgan fingerprint density at radius 1 is 1.23 bits per heavy atom. The van der Waals surface area contributed by atoms with Gasteiger partial charge in [0.15, 0.2) is 0 Å². The molecule has 2 aliphatic rings. The summed E-state index contributed by atoms with van der Waals surface area (Å²) in [7, 11) is 0. The van der Waals surface area contributed by atoms with E-state index in [-0.39, 0.29) is 19.0 Å². The molecule has 1 amide bonds. The van der Waals surface area contributed by atoms with Crippen molar-refractivity contribution in [1.82, 2.24) is 4.90 Å². The fourth-order valence-electron chi connectivity index (χ4n) is 3.24. The van der Waals surface area contributed by atoms with E-state index in [9.17, 15) is 23.5 Å². The van der Waals surface area contributed by atoms with E-state index >= 15 is 0 Å². The van der Waals surface area contributed by atoms with Crippen LogP contribution in [-0.4, -0.2) is 40.9 Å². The molecule has 0 radical (unpaired) electrons. The third-order valence-electron chi connectivity index (χ3n) is 4.88. The standard InChI is InChI=1S/C16H17F2NO3/c1-15(9-16(15,17)18)14(22)19-7-11(12(8-19)13(20)21)10-5-3-2-4-6-10/h2-6,11-12H,7-9H2,1H3,(H,20,21). The van der Waals surface area contributed by atoms with Gasteiger partial charge in [-0.3, -0.25) is 9.59 Å². The third-order valence-corrected chi connectivity index (χ3v) is 4.88. The first-order valence-electron chi connectivity index (χ1n) is 7.21. The molecule has 3 rings (SSSR count). The zero-order valence-electron chi connectivity index (χ0n) is 12.1. The first kappa shape index (κ1) is 14.9. The maximum Gasteiger partial charge on any atom is 0.308 e. The van der Waals surface area contributed by atoms with Crippen molar-refractivity contribution < 1.29 is 23.5 Å². The van der Waals surface area contributed by atoms with Gasteiger partial charge in [-0.25, -0.2) is 8.78 Å². The number of carbonyl (C=O) groups excluding carboxylic acids is 1. The van der Waals surface area contributed by atoms with E-state index in [1.54, 1.807) is 12.1 Å². The molecule has 1 aromatic carbocycles. The molecule has 1 aliphatic carbocycles. The lowest BCUT2D eigenvalue weighted by molar-refractivity contribution is -0.142. The highest BCUT2D eigenvalue weighted by Gasteiger charge is 2.73. The summed E-state index contributed by atoms with van der Waals surface area (Å²) in [4.78, 5) is 25.1. The molecule has 3 atom stereocenters. The van der Waals surface area contributed by atoms with Crippen molar-refractivity contribution >= 4 is 11.9 Å². The number of likely N-dealkylation sites (tertiary alicyclic amines) is 1. The molecule has 1 aromatic rings. The zero-order chi connectivity index (χ0) is 16.1. The minimum Gasteiger partial charge on any atom is -0.481 e. The molecular weight excluding hydrogens is 292 g/mol. The monoisotopic (exact) mass is 309 g/mol. The second kappa shape index (κ2) is 4.76. The molecule has 1 saturated heterocycles. The molecule has 1 saturated carbocycles. The summed E-state index contributed by atoms with van der Waals surface area (Å²) in [5.41, 5.74) is -0.848. The number of benzene rings is 1. The Morgan fingerprint density at radius 2 is 1.82 bits per heavy atom. The molecule has 2 fully saturated rings. The van der Waals surface area contributed by atoms with E-state index in [1.165, 1.54) is 11.8 Å². The lowest BCUT2D eigenvalue weighted by atomic mass is 9.89. The molecule has 3 unspecified atom stereocenters. The van der Waals surface area contributed by atoms with Crippen molar-refractivity contribution in [1.29, 1.82) is 0 Å². The summed E-state index contributed by atoms with van der Waals surface area (Å²) in [6.45, 7) is 1.41. The summed E-state index contributed by atoms with van der Waals surface area (Å²) in [5, 5.41) is 9.38. The molecule has 118 valence electrons. The number of amides is 1. The van der Waals surface area contributed by atoms with Crippen LogP contribution in [0.15, 0.2) is 30.3 Å². The quantitative estimate of drug-likeness (QED) is 0.932. The van der Waals surface area contributed by atoms with Crippen LogP contribution >= 0.6 is 0 Å². The largest absolute Gasteiger partial charge is 0.481 e. The number of hydrogen-bond acceptors (Lipinski definition) is 2. The molecule has 6 heteroatoms. The minimum atomic E-state index is -2.98. The van der Waals surface area contributed by atoms with E-state index < -0.39 is 35.6 Å². The second-order valence-electron chi connectivity index (χ2n) is 6.39. The van der Waals surface area contributed by atoms with Gasteiger partial charge in [0.25, 0.3) is 5.92 Å². The van der Waals surface area contributed by atoms with Gasteiger partial charge in [0.2, 0.25) is 5.91 Å². The van der Waals surface area contributed by atoms with Crippen molar-refractivity contribution in [3.8, 4) is 0 Å². The van der Waals surface area contributed by atoms with Crippen LogP contribution in [0.25, 0.3) is 0 Å². The van der Waals surface area contributed by atoms with Crippen LogP contribution in [0.4, 0.5) is 8.78 Å². The van der Waals surface area contributed by atoms with E-state index in [4.69, 9.17) is 0 Å². The summed E-state index contributed by atoms with van der Waals surface area (Å²) in [6.07, 6.45) is -0.455. The third kappa shape index (κ3) is 2.17. The highest BCUT2D eigenvalue weighted by atomic mass is 19.3. The number of carbonyl (C=O) groups is 2. The lowest BCUT2D eigenvalue weighted by Gasteiger charge is -2.20. The van der Waals surface area contributed by atoms with Gasteiger partial charge in [-0.2, -0.15) is 0 Å². The summed E-state index contributed by atoms with van der Waals surface area (Å²) in [6, 6.07) is 9.04. The molecule has 1 N–H and O–H groups in total. The number of carboxylic acid groups (broad SMARTS) is 1. The Bertz CT molecular complexity index is 619. The fourth-order valence-corrected chi connectivity index (χ4v) is 3.24. The predicted molar refractivity (Wildman–Crippen MR) is 74.6 cm³/mol. The predicted octanol–water partition coefficient (Wildman–Crippen LogP) is 2.36. The minimum absolute atomic E-state index is 0.0145. The van der Waals surface area contributed by atoms with Crippen LogP contribution < -0.4 is 0 Å². The molecule has 0 bridgehead atoms. The molecule has 0 aromatic heterocycles. The van der Waals surface area contributed by atoms with E-state index in [2.05, 4.69) is 0 Å². The van der Waals surface area contributed by atoms with Gasteiger partial charge in [0.1, 0.15) is 5.41 Å². The molecule has 1 heterocycles. The van der Waals surface area contributed by atoms with Crippen LogP contribution in [0.3, 0.4) is 0 Å². The smallest absolute Gasteiger partial charge is 0.308 e. The Kier molecular flexibility index (Phi) is 3.23. The SMILES string of the molecule is CC1(C(=O)N2CC(C(=O)O)C(c3ccccc3)C2)CC1(F)F. The highest BCUT2D eigenvalue weighted by molar-refractivity contribution is 5.88. The first-order chi connectivity index (χ1) is 10.3. The summed E-state index contributed by atoms with van der Waals surface area (Å²) < 4.78 is 26.8. The zero-order valence-corrected chi connectivity index (χ0v) is 12.1.